The fourth-order valence-electron chi connectivity index (χ4n) is 0.229. The van der Waals surface area contributed by atoms with Crippen molar-refractivity contribution in [2.24, 2.45) is 16.0 Å². The van der Waals surface area contributed by atoms with Gasteiger partial charge in [0, 0.05) is 12.7 Å². The smallest absolute Gasteiger partial charge is 0.0778 e. The highest BCUT2D eigenvalue weighted by molar-refractivity contribution is 5.02. The zero-order valence-corrected chi connectivity index (χ0v) is 5.47. The summed E-state index contributed by atoms with van der Waals surface area (Å²) in [5.41, 5.74) is 6.85. The summed E-state index contributed by atoms with van der Waals surface area (Å²) < 4.78 is 0. The predicted octanol–water partition coefficient (Wildman–Crippen LogP) is 1.28. The molecule has 0 aromatic heterocycles. The van der Waals surface area contributed by atoms with Crippen LogP contribution in [0.25, 0.3) is 0 Å². The Balaban J connectivity index is 4.00. The van der Waals surface area contributed by atoms with Crippen LogP contribution in [-0.2, 0) is 0 Å². The molecule has 0 radical (unpaired) electrons. The molecule has 0 bridgehead atoms. The monoisotopic (exact) mass is 113 g/mol. The quantitative estimate of drug-likeness (QED) is 0.511. The maximum atomic E-state index is 5.35. The molecule has 0 aliphatic carbocycles. The van der Waals surface area contributed by atoms with E-state index in [4.69, 9.17) is 5.73 Å². The van der Waals surface area contributed by atoms with Crippen LogP contribution >= 0.6 is 0 Å². The average molecular weight is 113 g/mol. The Morgan fingerprint density at radius 1 is 1.38 bits per heavy atom. The number of hydrogen-bond donors (Lipinski definition) is 1. The predicted molar refractivity (Wildman–Crippen MR) is 33.3 cm³/mol. The molecular formula is C5H11N3. The first-order valence-electron chi connectivity index (χ1n) is 2.41. The number of nitrogens with zero attached hydrogens (tertiary/aromatic N) is 2. The van der Waals surface area contributed by atoms with Crippen LogP contribution in [0.4, 0.5) is 0 Å². The molecule has 0 aromatic carbocycles. The summed E-state index contributed by atoms with van der Waals surface area (Å²) >= 11 is 0. The summed E-state index contributed by atoms with van der Waals surface area (Å²) in [5.74, 6) is 0. The van der Waals surface area contributed by atoms with Gasteiger partial charge in [0.15, 0.2) is 0 Å². The Morgan fingerprint density at radius 3 is 2.00 bits per heavy atom. The van der Waals surface area contributed by atoms with Gasteiger partial charge in [0.05, 0.1) is 5.70 Å². The lowest BCUT2D eigenvalue weighted by Crippen LogP contribution is -1.92. The molecule has 0 atom stereocenters. The molecule has 8 heavy (non-hydrogen) atoms. The summed E-state index contributed by atoms with van der Waals surface area (Å²) in [5, 5.41) is 7.25. The third kappa shape index (κ3) is 2.34. The first-order valence-corrected chi connectivity index (χ1v) is 2.41. The molecule has 0 saturated carbocycles. The number of rotatable bonds is 1. The lowest BCUT2D eigenvalue weighted by Gasteiger charge is -1.90. The lowest BCUT2D eigenvalue weighted by atomic mass is 10.4. The van der Waals surface area contributed by atoms with Crippen molar-refractivity contribution < 1.29 is 0 Å². The maximum absolute atomic E-state index is 5.35. The average Bonchev–Trinajstić information content (AvgIpc) is 1.67. The minimum Gasteiger partial charge on any atom is -0.401 e. The van der Waals surface area contributed by atoms with E-state index in [-0.39, 0.29) is 0 Å². The molecule has 0 fully saturated rings. The third-order valence-corrected chi connectivity index (χ3v) is 0.821. The van der Waals surface area contributed by atoms with Crippen LogP contribution in [0, 0.1) is 0 Å². The van der Waals surface area contributed by atoms with Gasteiger partial charge in [0.25, 0.3) is 0 Å². The van der Waals surface area contributed by atoms with E-state index < -0.39 is 0 Å². The van der Waals surface area contributed by atoms with Crippen molar-refractivity contribution in [2.75, 3.05) is 7.05 Å². The van der Waals surface area contributed by atoms with Crippen LogP contribution < -0.4 is 5.73 Å². The van der Waals surface area contributed by atoms with Crippen LogP contribution in [-0.4, -0.2) is 7.05 Å². The minimum absolute atomic E-state index is 0.718. The van der Waals surface area contributed by atoms with Crippen molar-refractivity contribution >= 4 is 0 Å². The van der Waals surface area contributed by atoms with Crippen molar-refractivity contribution in [3.05, 3.63) is 11.4 Å². The fraction of sp³-hybridized carbons (Fsp3) is 0.600. The van der Waals surface area contributed by atoms with E-state index in [0.717, 1.165) is 11.4 Å². The van der Waals surface area contributed by atoms with Crippen molar-refractivity contribution in [2.45, 2.75) is 13.8 Å². The highest BCUT2D eigenvalue weighted by atomic mass is 15.1. The molecule has 0 saturated heterocycles. The number of hydrogen-bond acceptors (Lipinski definition) is 3. The molecule has 0 unspecified atom stereocenters. The van der Waals surface area contributed by atoms with Crippen molar-refractivity contribution in [3.8, 4) is 0 Å². The zero-order valence-electron chi connectivity index (χ0n) is 5.47. The largest absolute Gasteiger partial charge is 0.401 e. The van der Waals surface area contributed by atoms with Gasteiger partial charge in [-0.2, -0.15) is 10.2 Å². The Hall–Kier alpha value is -0.860. The van der Waals surface area contributed by atoms with E-state index >= 15 is 0 Å². The molecule has 0 amide bonds. The van der Waals surface area contributed by atoms with Gasteiger partial charge in [-0.25, -0.2) is 0 Å². The van der Waals surface area contributed by atoms with Crippen LogP contribution in [0.1, 0.15) is 13.8 Å². The summed E-state index contributed by atoms with van der Waals surface area (Å²) in [6, 6.07) is 0. The molecule has 3 nitrogen and oxygen atoms in total. The van der Waals surface area contributed by atoms with Crippen molar-refractivity contribution in [1.29, 1.82) is 0 Å². The maximum Gasteiger partial charge on any atom is 0.0778 e. The summed E-state index contributed by atoms with van der Waals surface area (Å²) in [4.78, 5) is 0. The van der Waals surface area contributed by atoms with Gasteiger partial charge in [-0.1, -0.05) is 0 Å². The standard InChI is InChI=1S/C5H11N3/c1-4(6)5(2)8-7-3/h6H2,1-3H3/b5-4-,8-7-. The van der Waals surface area contributed by atoms with Crippen LogP contribution in [0.2, 0.25) is 0 Å². The van der Waals surface area contributed by atoms with Crippen molar-refractivity contribution in [3.63, 3.8) is 0 Å². The van der Waals surface area contributed by atoms with Crippen LogP contribution in [0.5, 0.6) is 0 Å². The lowest BCUT2D eigenvalue weighted by molar-refractivity contribution is 1.04. The molecule has 0 spiro atoms. The molecule has 2 N–H and O–H groups in total. The van der Waals surface area contributed by atoms with E-state index in [1.165, 1.54) is 0 Å². The zero-order chi connectivity index (χ0) is 6.57. The van der Waals surface area contributed by atoms with Crippen LogP contribution in [0.3, 0.4) is 0 Å². The molecule has 0 aliphatic heterocycles. The SMILES string of the molecule is C/N=N\C(C)=C(\C)N. The Labute approximate surface area is 49.3 Å². The molecule has 0 rings (SSSR count). The van der Waals surface area contributed by atoms with E-state index in [1.54, 1.807) is 14.0 Å². The normalized spacial score (nSPS) is 14.4. The van der Waals surface area contributed by atoms with E-state index in [0.29, 0.717) is 0 Å². The van der Waals surface area contributed by atoms with Gasteiger partial charge >= 0.3 is 0 Å². The molecule has 46 valence electrons. The highest BCUT2D eigenvalue weighted by Crippen LogP contribution is 1.97. The minimum atomic E-state index is 0.718. The molecule has 0 aromatic rings. The summed E-state index contributed by atoms with van der Waals surface area (Å²) in [6.45, 7) is 3.62. The third-order valence-electron chi connectivity index (χ3n) is 0.821. The Bertz CT molecular complexity index is 120. The van der Waals surface area contributed by atoms with E-state index in [1.807, 2.05) is 6.92 Å². The van der Waals surface area contributed by atoms with Gasteiger partial charge in [-0.15, -0.1) is 0 Å². The molecule has 0 aliphatic rings. The van der Waals surface area contributed by atoms with Gasteiger partial charge < -0.3 is 5.73 Å². The van der Waals surface area contributed by atoms with Gasteiger partial charge in [0.2, 0.25) is 0 Å². The second-order valence-corrected chi connectivity index (χ2v) is 1.57. The first-order chi connectivity index (χ1) is 3.68. The second-order valence-electron chi connectivity index (χ2n) is 1.57. The van der Waals surface area contributed by atoms with Crippen LogP contribution in [0.15, 0.2) is 21.6 Å². The molecule has 3 heteroatoms. The van der Waals surface area contributed by atoms with E-state index in [9.17, 15) is 0 Å². The van der Waals surface area contributed by atoms with Gasteiger partial charge in [-0.3, -0.25) is 0 Å². The number of azo groups is 1. The Morgan fingerprint density at radius 2 is 1.88 bits per heavy atom. The first kappa shape index (κ1) is 7.14. The summed E-state index contributed by atoms with van der Waals surface area (Å²) in [6.07, 6.45) is 0. The van der Waals surface area contributed by atoms with Gasteiger partial charge in [-0.05, 0) is 13.8 Å². The molecular weight excluding hydrogens is 102 g/mol. The topological polar surface area (TPSA) is 50.7 Å². The summed E-state index contributed by atoms with van der Waals surface area (Å²) in [7, 11) is 1.62. The number of allylic oxidation sites excluding steroid dienone is 2. The molecule has 0 heterocycles. The van der Waals surface area contributed by atoms with Gasteiger partial charge in [0.1, 0.15) is 0 Å². The number of nitrogens with two attached hydrogens (primary N) is 1. The Kier molecular flexibility index (Phi) is 2.84. The van der Waals surface area contributed by atoms with Crippen molar-refractivity contribution in [1.82, 2.24) is 0 Å². The second kappa shape index (κ2) is 3.18. The van der Waals surface area contributed by atoms with E-state index in [2.05, 4.69) is 10.2 Å². The fourth-order valence-corrected chi connectivity index (χ4v) is 0.229. The highest BCUT2D eigenvalue weighted by Gasteiger charge is 1.84.